The van der Waals surface area contributed by atoms with Crippen molar-refractivity contribution in [3.63, 3.8) is 0 Å². The SMILES string of the molecule is CCS(=O)(=O)CCC(=O)Nc1cccc(CN)c1. The molecule has 0 saturated heterocycles. The van der Waals surface area contributed by atoms with Crippen LogP contribution in [0, 0.1) is 0 Å². The van der Waals surface area contributed by atoms with Crippen molar-refractivity contribution in [3.05, 3.63) is 29.8 Å². The molecule has 1 rings (SSSR count). The van der Waals surface area contributed by atoms with Crippen molar-refractivity contribution in [1.29, 1.82) is 0 Å². The van der Waals surface area contributed by atoms with E-state index in [1.54, 1.807) is 25.1 Å². The maximum Gasteiger partial charge on any atom is 0.225 e. The van der Waals surface area contributed by atoms with Crippen molar-refractivity contribution in [2.45, 2.75) is 19.9 Å². The first-order chi connectivity index (χ1) is 8.46. The Labute approximate surface area is 107 Å². The van der Waals surface area contributed by atoms with E-state index in [-0.39, 0.29) is 23.8 Å². The highest BCUT2D eigenvalue weighted by Crippen LogP contribution is 2.10. The standard InChI is InChI=1S/C12H18N2O3S/c1-2-18(16,17)7-6-12(15)14-11-5-3-4-10(8-11)9-13/h3-5,8H,2,6-7,9,13H2,1H3,(H,14,15). The Morgan fingerprint density at radius 2 is 2.11 bits per heavy atom. The summed E-state index contributed by atoms with van der Waals surface area (Å²) in [5.41, 5.74) is 7.04. The van der Waals surface area contributed by atoms with Crippen LogP contribution in [0.15, 0.2) is 24.3 Å². The molecule has 0 fully saturated rings. The molecule has 0 saturated carbocycles. The van der Waals surface area contributed by atoms with Gasteiger partial charge in [0.05, 0.1) is 5.75 Å². The van der Waals surface area contributed by atoms with Crippen LogP contribution in [0.4, 0.5) is 5.69 Å². The molecule has 0 heterocycles. The number of amides is 1. The Bertz CT molecular complexity index is 512. The second kappa shape index (κ2) is 6.51. The molecule has 0 spiro atoms. The van der Waals surface area contributed by atoms with E-state index in [4.69, 9.17) is 5.73 Å². The van der Waals surface area contributed by atoms with E-state index in [1.807, 2.05) is 6.07 Å². The van der Waals surface area contributed by atoms with Gasteiger partial charge in [-0.1, -0.05) is 19.1 Å². The fourth-order valence-corrected chi connectivity index (χ4v) is 2.18. The number of nitrogens with two attached hydrogens (primary N) is 1. The summed E-state index contributed by atoms with van der Waals surface area (Å²) in [5, 5.41) is 2.65. The molecule has 0 radical (unpaired) electrons. The molecule has 0 aliphatic heterocycles. The summed E-state index contributed by atoms with van der Waals surface area (Å²) in [5.74, 6) is -0.365. The molecule has 6 heteroatoms. The van der Waals surface area contributed by atoms with Crippen LogP contribution in [-0.2, 0) is 21.2 Å². The number of carbonyl (C=O) groups excluding carboxylic acids is 1. The summed E-state index contributed by atoms with van der Waals surface area (Å²) in [6.45, 7) is 1.96. The molecule has 1 amide bonds. The molecular formula is C12H18N2O3S. The van der Waals surface area contributed by atoms with Gasteiger partial charge >= 0.3 is 0 Å². The molecule has 1 aromatic rings. The second-order valence-electron chi connectivity index (χ2n) is 3.94. The fraction of sp³-hybridized carbons (Fsp3) is 0.417. The molecule has 1 aromatic carbocycles. The van der Waals surface area contributed by atoms with E-state index < -0.39 is 9.84 Å². The van der Waals surface area contributed by atoms with Gasteiger partial charge in [-0.05, 0) is 17.7 Å². The van der Waals surface area contributed by atoms with Gasteiger partial charge in [0.2, 0.25) is 5.91 Å². The second-order valence-corrected chi connectivity index (χ2v) is 6.41. The molecule has 100 valence electrons. The lowest BCUT2D eigenvalue weighted by molar-refractivity contribution is -0.115. The molecule has 0 atom stereocenters. The molecule has 18 heavy (non-hydrogen) atoms. The maximum absolute atomic E-state index is 11.6. The Kier molecular flexibility index (Phi) is 5.30. The Hall–Kier alpha value is -1.40. The summed E-state index contributed by atoms with van der Waals surface area (Å²) in [7, 11) is -3.10. The highest BCUT2D eigenvalue weighted by molar-refractivity contribution is 7.91. The van der Waals surface area contributed by atoms with Gasteiger partial charge in [-0.25, -0.2) is 8.42 Å². The van der Waals surface area contributed by atoms with Crippen molar-refractivity contribution in [1.82, 2.24) is 0 Å². The number of rotatable bonds is 6. The molecule has 0 bridgehead atoms. The zero-order valence-electron chi connectivity index (χ0n) is 10.3. The van der Waals surface area contributed by atoms with Gasteiger partial charge in [0.25, 0.3) is 0 Å². The van der Waals surface area contributed by atoms with E-state index in [9.17, 15) is 13.2 Å². The van der Waals surface area contributed by atoms with Crippen molar-refractivity contribution in [3.8, 4) is 0 Å². The van der Waals surface area contributed by atoms with Crippen molar-refractivity contribution < 1.29 is 13.2 Å². The summed E-state index contributed by atoms with van der Waals surface area (Å²) >= 11 is 0. The predicted molar refractivity (Wildman–Crippen MR) is 71.9 cm³/mol. The van der Waals surface area contributed by atoms with E-state index in [0.717, 1.165) is 5.56 Å². The summed E-state index contributed by atoms with van der Waals surface area (Å²) in [6, 6.07) is 7.16. The van der Waals surface area contributed by atoms with Crippen LogP contribution in [0.25, 0.3) is 0 Å². The van der Waals surface area contributed by atoms with E-state index in [2.05, 4.69) is 5.32 Å². The molecule has 0 unspecified atom stereocenters. The van der Waals surface area contributed by atoms with Gasteiger partial charge in [-0.2, -0.15) is 0 Å². The van der Waals surface area contributed by atoms with Crippen LogP contribution in [0.3, 0.4) is 0 Å². The Morgan fingerprint density at radius 1 is 1.39 bits per heavy atom. The van der Waals surface area contributed by atoms with E-state index in [1.165, 1.54) is 0 Å². The molecule has 5 nitrogen and oxygen atoms in total. The average molecular weight is 270 g/mol. The number of carbonyl (C=O) groups is 1. The van der Waals surface area contributed by atoms with Crippen molar-refractivity contribution in [2.24, 2.45) is 5.73 Å². The number of sulfone groups is 1. The van der Waals surface area contributed by atoms with Gasteiger partial charge in [0, 0.05) is 24.4 Å². The van der Waals surface area contributed by atoms with Gasteiger partial charge < -0.3 is 11.1 Å². The minimum Gasteiger partial charge on any atom is -0.326 e. The molecule has 0 aliphatic carbocycles. The monoisotopic (exact) mass is 270 g/mol. The van der Waals surface area contributed by atoms with E-state index >= 15 is 0 Å². The van der Waals surface area contributed by atoms with Crippen LogP contribution in [0.2, 0.25) is 0 Å². The molecule has 3 N–H and O–H groups in total. The normalized spacial score (nSPS) is 11.2. The molecule has 0 aliphatic rings. The molecular weight excluding hydrogens is 252 g/mol. The van der Waals surface area contributed by atoms with Crippen LogP contribution in [0.5, 0.6) is 0 Å². The lowest BCUT2D eigenvalue weighted by atomic mass is 10.2. The number of hydrogen-bond donors (Lipinski definition) is 2. The van der Waals surface area contributed by atoms with Crippen molar-refractivity contribution >= 4 is 21.4 Å². The zero-order chi connectivity index (χ0) is 13.6. The first-order valence-electron chi connectivity index (χ1n) is 5.76. The third-order valence-electron chi connectivity index (χ3n) is 2.53. The minimum absolute atomic E-state index is 0.0248. The van der Waals surface area contributed by atoms with Crippen molar-refractivity contribution in [2.75, 3.05) is 16.8 Å². The summed E-state index contributed by atoms with van der Waals surface area (Å²) in [4.78, 5) is 11.6. The lowest BCUT2D eigenvalue weighted by Gasteiger charge is -2.06. The van der Waals surface area contributed by atoms with Crippen LogP contribution in [0.1, 0.15) is 18.9 Å². The van der Waals surface area contributed by atoms with Gasteiger partial charge in [0.1, 0.15) is 0 Å². The largest absolute Gasteiger partial charge is 0.326 e. The van der Waals surface area contributed by atoms with Gasteiger partial charge in [-0.3, -0.25) is 4.79 Å². The number of hydrogen-bond acceptors (Lipinski definition) is 4. The average Bonchev–Trinajstić information content (AvgIpc) is 2.37. The summed E-state index contributed by atoms with van der Waals surface area (Å²) < 4.78 is 22.5. The highest BCUT2D eigenvalue weighted by atomic mass is 32.2. The minimum atomic E-state index is -3.10. The predicted octanol–water partition coefficient (Wildman–Crippen LogP) is 0.909. The van der Waals surface area contributed by atoms with Crippen LogP contribution >= 0.6 is 0 Å². The topological polar surface area (TPSA) is 89.3 Å². The van der Waals surface area contributed by atoms with E-state index in [0.29, 0.717) is 12.2 Å². The first kappa shape index (κ1) is 14.7. The number of anilines is 1. The number of benzene rings is 1. The quantitative estimate of drug-likeness (QED) is 0.804. The van der Waals surface area contributed by atoms with Crippen LogP contribution in [-0.4, -0.2) is 25.8 Å². The highest BCUT2D eigenvalue weighted by Gasteiger charge is 2.11. The smallest absolute Gasteiger partial charge is 0.225 e. The maximum atomic E-state index is 11.6. The first-order valence-corrected chi connectivity index (χ1v) is 7.58. The third-order valence-corrected chi connectivity index (χ3v) is 4.23. The number of nitrogens with one attached hydrogen (secondary N) is 1. The Balaban J connectivity index is 2.54. The fourth-order valence-electron chi connectivity index (χ4n) is 1.39. The Morgan fingerprint density at radius 3 is 2.72 bits per heavy atom. The zero-order valence-corrected chi connectivity index (χ0v) is 11.2. The molecule has 0 aromatic heterocycles. The third kappa shape index (κ3) is 4.85. The summed E-state index contributed by atoms with van der Waals surface area (Å²) in [6.07, 6.45) is -0.0248. The van der Waals surface area contributed by atoms with Crippen LogP contribution < -0.4 is 11.1 Å². The van der Waals surface area contributed by atoms with Gasteiger partial charge in [0.15, 0.2) is 9.84 Å². The lowest BCUT2D eigenvalue weighted by Crippen LogP contribution is -2.18. The van der Waals surface area contributed by atoms with Gasteiger partial charge in [-0.15, -0.1) is 0 Å².